The molecule has 2 aliphatic rings. The van der Waals surface area contributed by atoms with Gasteiger partial charge in [-0.25, -0.2) is 0 Å². The van der Waals surface area contributed by atoms with Crippen molar-refractivity contribution in [3.8, 4) is 5.75 Å². The van der Waals surface area contributed by atoms with Crippen LogP contribution in [0, 0.1) is 11.8 Å². The van der Waals surface area contributed by atoms with E-state index in [1.54, 1.807) is 7.11 Å². The van der Waals surface area contributed by atoms with Crippen LogP contribution in [0.5, 0.6) is 5.75 Å². The monoisotopic (exact) mass is 274 g/mol. The van der Waals surface area contributed by atoms with Gasteiger partial charge in [-0.2, -0.15) is 0 Å². The van der Waals surface area contributed by atoms with Crippen molar-refractivity contribution in [3.63, 3.8) is 0 Å². The van der Waals surface area contributed by atoms with Crippen molar-refractivity contribution >= 4 is 11.6 Å². The zero-order valence-electron chi connectivity index (χ0n) is 11.9. The first-order valence-electron chi connectivity index (χ1n) is 7.42. The van der Waals surface area contributed by atoms with E-state index in [2.05, 4.69) is 10.6 Å². The van der Waals surface area contributed by atoms with Crippen molar-refractivity contribution in [2.45, 2.75) is 31.7 Å². The highest BCUT2D eigenvalue weighted by molar-refractivity contribution is 5.92. The SMILES string of the molecule is COc1ccc(NC(=O)CNC2CC3CCC2C3)cc1. The third-order valence-corrected chi connectivity index (χ3v) is 4.64. The molecule has 3 atom stereocenters. The molecule has 2 fully saturated rings. The Morgan fingerprint density at radius 2 is 2.05 bits per heavy atom. The van der Waals surface area contributed by atoms with Gasteiger partial charge >= 0.3 is 0 Å². The number of rotatable bonds is 5. The average Bonchev–Trinajstić information content (AvgIpc) is 3.08. The third kappa shape index (κ3) is 2.96. The van der Waals surface area contributed by atoms with Gasteiger partial charge in [0, 0.05) is 11.7 Å². The summed E-state index contributed by atoms with van der Waals surface area (Å²) in [6.45, 7) is 0.403. The zero-order valence-corrected chi connectivity index (χ0v) is 11.9. The molecule has 3 rings (SSSR count). The van der Waals surface area contributed by atoms with Gasteiger partial charge in [0.1, 0.15) is 5.75 Å². The Morgan fingerprint density at radius 1 is 1.25 bits per heavy atom. The van der Waals surface area contributed by atoms with Crippen molar-refractivity contribution in [2.75, 3.05) is 19.0 Å². The maximum atomic E-state index is 11.9. The summed E-state index contributed by atoms with van der Waals surface area (Å²) in [5.74, 6) is 2.52. The second kappa shape index (κ2) is 5.83. The van der Waals surface area contributed by atoms with Crippen molar-refractivity contribution < 1.29 is 9.53 Å². The topological polar surface area (TPSA) is 50.4 Å². The summed E-state index contributed by atoms with van der Waals surface area (Å²) in [4.78, 5) is 11.9. The summed E-state index contributed by atoms with van der Waals surface area (Å²) in [5.41, 5.74) is 0.811. The molecule has 0 saturated heterocycles. The molecule has 4 heteroatoms. The average molecular weight is 274 g/mol. The molecule has 2 N–H and O–H groups in total. The molecule has 0 aliphatic heterocycles. The summed E-state index contributed by atoms with van der Waals surface area (Å²) in [7, 11) is 1.63. The predicted octanol–water partition coefficient (Wildman–Crippen LogP) is 2.41. The Kier molecular flexibility index (Phi) is 3.92. The van der Waals surface area contributed by atoms with Crippen LogP contribution < -0.4 is 15.4 Å². The van der Waals surface area contributed by atoms with E-state index in [9.17, 15) is 4.79 Å². The lowest BCUT2D eigenvalue weighted by molar-refractivity contribution is -0.115. The van der Waals surface area contributed by atoms with Crippen molar-refractivity contribution in [2.24, 2.45) is 11.8 Å². The molecule has 2 saturated carbocycles. The van der Waals surface area contributed by atoms with Crippen LogP contribution in [0.1, 0.15) is 25.7 Å². The van der Waals surface area contributed by atoms with Crippen molar-refractivity contribution in [3.05, 3.63) is 24.3 Å². The quantitative estimate of drug-likeness (QED) is 0.867. The molecule has 3 unspecified atom stereocenters. The molecule has 0 heterocycles. The highest BCUT2D eigenvalue weighted by Crippen LogP contribution is 2.44. The fraction of sp³-hybridized carbons (Fsp3) is 0.562. The van der Waals surface area contributed by atoms with Crippen LogP contribution >= 0.6 is 0 Å². The molecular weight excluding hydrogens is 252 g/mol. The van der Waals surface area contributed by atoms with E-state index in [-0.39, 0.29) is 5.91 Å². The second-order valence-electron chi connectivity index (χ2n) is 5.94. The maximum Gasteiger partial charge on any atom is 0.238 e. The Hall–Kier alpha value is -1.55. The normalized spacial score (nSPS) is 27.6. The Bertz CT molecular complexity index is 472. The number of carbonyl (C=O) groups excluding carboxylic acids is 1. The smallest absolute Gasteiger partial charge is 0.238 e. The number of ether oxygens (including phenoxy) is 1. The molecule has 1 amide bonds. The van der Waals surface area contributed by atoms with E-state index in [0.717, 1.165) is 23.3 Å². The Morgan fingerprint density at radius 3 is 2.65 bits per heavy atom. The van der Waals surface area contributed by atoms with Gasteiger partial charge in [-0.15, -0.1) is 0 Å². The van der Waals surface area contributed by atoms with Crippen LogP contribution in [0.2, 0.25) is 0 Å². The molecule has 4 nitrogen and oxygen atoms in total. The second-order valence-corrected chi connectivity index (χ2v) is 5.94. The summed E-state index contributed by atoms with van der Waals surface area (Å²) in [6, 6.07) is 7.95. The molecule has 0 radical (unpaired) electrons. The fourth-order valence-electron chi connectivity index (χ4n) is 3.60. The summed E-state index contributed by atoms with van der Waals surface area (Å²) in [5, 5.41) is 6.32. The first-order valence-corrected chi connectivity index (χ1v) is 7.42. The van der Waals surface area contributed by atoms with E-state index in [4.69, 9.17) is 4.74 Å². The zero-order chi connectivity index (χ0) is 13.9. The number of hydrogen-bond donors (Lipinski definition) is 2. The number of methoxy groups -OCH3 is 1. The number of carbonyl (C=O) groups is 1. The number of nitrogens with one attached hydrogen (secondary N) is 2. The predicted molar refractivity (Wildman–Crippen MR) is 78.9 cm³/mol. The largest absolute Gasteiger partial charge is 0.497 e. The molecule has 2 aliphatic carbocycles. The summed E-state index contributed by atoms with van der Waals surface area (Å²) >= 11 is 0. The van der Waals surface area contributed by atoms with E-state index in [1.165, 1.54) is 25.7 Å². The van der Waals surface area contributed by atoms with Gasteiger partial charge in [0.25, 0.3) is 0 Å². The lowest BCUT2D eigenvalue weighted by atomic mass is 9.95. The van der Waals surface area contributed by atoms with E-state index >= 15 is 0 Å². The molecule has 108 valence electrons. The first kappa shape index (κ1) is 13.4. The van der Waals surface area contributed by atoms with Gasteiger partial charge in [-0.05, 0) is 55.4 Å². The van der Waals surface area contributed by atoms with Crippen LogP contribution in [-0.2, 0) is 4.79 Å². The Labute approximate surface area is 119 Å². The molecule has 0 aromatic heterocycles. The summed E-state index contributed by atoms with van der Waals surface area (Å²) < 4.78 is 5.09. The standard InChI is InChI=1S/C16H22N2O2/c1-20-14-6-4-13(5-7-14)18-16(19)10-17-15-9-11-2-3-12(15)8-11/h4-7,11-12,15,17H,2-3,8-10H2,1H3,(H,18,19). The molecule has 1 aromatic rings. The third-order valence-electron chi connectivity index (χ3n) is 4.64. The minimum atomic E-state index is 0.0259. The number of hydrogen-bond acceptors (Lipinski definition) is 3. The lowest BCUT2D eigenvalue weighted by Gasteiger charge is -2.22. The van der Waals surface area contributed by atoms with Crippen LogP contribution in [0.15, 0.2) is 24.3 Å². The summed E-state index contributed by atoms with van der Waals surface area (Å²) in [6.07, 6.45) is 5.33. The number of amides is 1. The van der Waals surface area contributed by atoms with Crippen LogP contribution in [0.3, 0.4) is 0 Å². The van der Waals surface area contributed by atoms with Gasteiger partial charge in [0.2, 0.25) is 5.91 Å². The van der Waals surface area contributed by atoms with Gasteiger partial charge < -0.3 is 15.4 Å². The molecular formula is C16H22N2O2. The molecule has 20 heavy (non-hydrogen) atoms. The Balaban J connectivity index is 1.45. The van der Waals surface area contributed by atoms with Gasteiger partial charge in [-0.1, -0.05) is 6.42 Å². The fourth-order valence-corrected chi connectivity index (χ4v) is 3.60. The minimum absolute atomic E-state index is 0.0259. The van der Waals surface area contributed by atoms with Crippen LogP contribution in [0.25, 0.3) is 0 Å². The van der Waals surface area contributed by atoms with E-state index < -0.39 is 0 Å². The van der Waals surface area contributed by atoms with Gasteiger partial charge in [0.15, 0.2) is 0 Å². The number of fused-ring (bicyclic) bond motifs is 2. The van der Waals surface area contributed by atoms with E-state index in [0.29, 0.717) is 12.6 Å². The lowest BCUT2D eigenvalue weighted by Crippen LogP contribution is -2.39. The molecule has 2 bridgehead atoms. The highest BCUT2D eigenvalue weighted by Gasteiger charge is 2.39. The number of anilines is 1. The molecule has 0 spiro atoms. The van der Waals surface area contributed by atoms with Crippen molar-refractivity contribution in [1.82, 2.24) is 5.32 Å². The van der Waals surface area contributed by atoms with Gasteiger partial charge in [-0.3, -0.25) is 4.79 Å². The molecule has 1 aromatic carbocycles. The van der Waals surface area contributed by atoms with Crippen LogP contribution in [0.4, 0.5) is 5.69 Å². The minimum Gasteiger partial charge on any atom is -0.497 e. The van der Waals surface area contributed by atoms with Crippen molar-refractivity contribution in [1.29, 1.82) is 0 Å². The first-order chi connectivity index (χ1) is 9.74. The maximum absolute atomic E-state index is 11.9. The number of benzene rings is 1. The highest BCUT2D eigenvalue weighted by atomic mass is 16.5. The van der Waals surface area contributed by atoms with Gasteiger partial charge in [0.05, 0.1) is 13.7 Å². The van der Waals surface area contributed by atoms with E-state index in [1.807, 2.05) is 24.3 Å². The van der Waals surface area contributed by atoms with Crippen LogP contribution in [-0.4, -0.2) is 25.6 Å².